The molecule has 0 aliphatic heterocycles. The molecule has 3 rings (SSSR count). The number of thiazole rings is 2. The van der Waals surface area contributed by atoms with E-state index in [2.05, 4.69) is 15.3 Å². The molecule has 3 aromatic rings. The summed E-state index contributed by atoms with van der Waals surface area (Å²) in [7, 11) is 0. The van der Waals surface area contributed by atoms with Crippen molar-refractivity contribution in [1.82, 2.24) is 9.97 Å². The fraction of sp³-hybridized carbons (Fsp3) is 0.263. The second kappa shape index (κ2) is 9.79. The predicted molar refractivity (Wildman–Crippen MR) is 115 cm³/mol. The molecule has 2 amide bonds. The number of thioether (sulfide) groups is 1. The number of halogens is 3. The maximum Gasteiger partial charge on any atom is 0.416 e. The van der Waals surface area contributed by atoms with Gasteiger partial charge >= 0.3 is 6.18 Å². The fourth-order valence-corrected chi connectivity index (χ4v) is 5.26. The molecule has 1 aromatic carbocycles. The predicted octanol–water partition coefficient (Wildman–Crippen LogP) is 4.36. The Bertz CT molecular complexity index is 1080. The van der Waals surface area contributed by atoms with Crippen LogP contribution in [0.3, 0.4) is 0 Å². The van der Waals surface area contributed by atoms with Crippen LogP contribution in [0.15, 0.2) is 40.2 Å². The average Bonchev–Trinajstić information content (AvgIpc) is 3.30. The van der Waals surface area contributed by atoms with E-state index < -0.39 is 22.9 Å². The molecule has 0 saturated heterocycles. The van der Waals surface area contributed by atoms with Gasteiger partial charge < -0.3 is 11.1 Å². The second-order valence-corrected chi connectivity index (χ2v) is 10.1. The van der Waals surface area contributed by atoms with Crippen LogP contribution >= 0.6 is 34.4 Å². The number of nitrogens with zero attached hydrogens (tertiary/aromatic N) is 2. The number of hydrogen-bond acceptors (Lipinski definition) is 7. The summed E-state index contributed by atoms with van der Waals surface area (Å²) in [5.74, 6) is -0.756. The van der Waals surface area contributed by atoms with Gasteiger partial charge in [0.15, 0.2) is 9.47 Å². The number of rotatable bonds is 8. The highest BCUT2D eigenvalue weighted by Crippen LogP contribution is 2.31. The largest absolute Gasteiger partial charge is 0.416 e. The van der Waals surface area contributed by atoms with Crippen LogP contribution in [0.5, 0.6) is 0 Å². The lowest BCUT2D eigenvalue weighted by Gasteiger charge is -2.07. The molecule has 12 heteroatoms. The number of carbonyl (C=O) groups is 2. The van der Waals surface area contributed by atoms with E-state index in [-0.39, 0.29) is 18.7 Å². The first-order valence-corrected chi connectivity index (χ1v) is 11.5. The van der Waals surface area contributed by atoms with Crippen molar-refractivity contribution in [2.45, 2.75) is 35.5 Å². The van der Waals surface area contributed by atoms with Gasteiger partial charge in [0.2, 0.25) is 11.8 Å². The van der Waals surface area contributed by atoms with Gasteiger partial charge in [0.25, 0.3) is 0 Å². The Balaban J connectivity index is 1.56. The van der Waals surface area contributed by atoms with Gasteiger partial charge in [-0.05, 0) is 18.6 Å². The minimum Gasteiger partial charge on any atom is -0.369 e. The minimum absolute atomic E-state index is 0.0323. The first kappa shape index (κ1) is 23.2. The Morgan fingerprint density at radius 3 is 2.81 bits per heavy atom. The standard InChI is InChI=1S/C19H17F3N4O2S3/c1-10(16(23)28)30-18-25-13(9-29-18)7-15(27)26-17-24-8-14(31-17)6-11-3-2-4-12(5-11)19(20,21)22/h2-5,8-10H,6-7H2,1H3,(H2,23,28)(H,24,26,27). The van der Waals surface area contributed by atoms with Gasteiger partial charge in [-0.3, -0.25) is 9.59 Å². The molecule has 0 aliphatic carbocycles. The van der Waals surface area contributed by atoms with Crippen molar-refractivity contribution in [3.8, 4) is 0 Å². The number of nitrogens with two attached hydrogens (primary N) is 1. The van der Waals surface area contributed by atoms with Crippen molar-refractivity contribution >= 4 is 51.4 Å². The van der Waals surface area contributed by atoms with E-state index >= 15 is 0 Å². The summed E-state index contributed by atoms with van der Waals surface area (Å²) >= 11 is 3.75. The molecule has 6 nitrogen and oxygen atoms in total. The van der Waals surface area contributed by atoms with Crippen LogP contribution in [-0.2, 0) is 28.6 Å². The monoisotopic (exact) mass is 486 g/mol. The van der Waals surface area contributed by atoms with Gasteiger partial charge in [0.05, 0.1) is 22.9 Å². The van der Waals surface area contributed by atoms with Crippen LogP contribution in [0.2, 0.25) is 0 Å². The fourth-order valence-electron chi connectivity index (χ4n) is 2.47. The van der Waals surface area contributed by atoms with Gasteiger partial charge in [-0.1, -0.05) is 30.0 Å². The van der Waals surface area contributed by atoms with Crippen LogP contribution in [0.25, 0.3) is 0 Å². The molecule has 0 aliphatic rings. The Kier molecular flexibility index (Phi) is 7.34. The molecule has 1 atom stereocenters. The number of aromatic nitrogens is 2. The van der Waals surface area contributed by atoms with Gasteiger partial charge in [-0.2, -0.15) is 13.2 Å². The number of alkyl halides is 3. The van der Waals surface area contributed by atoms with Crippen molar-refractivity contribution in [2.75, 3.05) is 5.32 Å². The lowest BCUT2D eigenvalue weighted by molar-refractivity contribution is -0.137. The molecule has 0 radical (unpaired) electrons. The van der Waals surface area contributed by atoms with Crippen LogP contribution in [0.4, 0.5) is 18.3 Å². The lowest BCUT2D eigenvalue weighted by Crippen LogP contribution is -2.22. The number of benzene rings is 1. The summed E-state index contributed by atoms with van der Waals surface area (Å²) in [4.78, 5) is 32.5. The summed E-state index contributed by atoms with van der Waals surface area (Å²) in [6.45, 7) is 1.68. The smallest absolute Gasteiger partial charge is 0.369 e. The summed E-state index contributed by atoms with van der Waals surface area (Å²) in [5, 5.41) is 4.35. The Morgan fingerprint density at radius 1 is 1.32 bits per heavy atom. The zero-order chi connectivity index (χ0) is 22.6. The summed E-state index contributed by atoms with van der Waals surface area (Å²) in [6, 6.07) is 5.12. The highest BCUT2D eigenvalue weighted by atomic mass is 32.2. The van der Waals surface area contributed by atoms with Gasteiger partial charge in [0.1, 0.15) is 0 Å². The van der Waals surface area contributed by atoms with Crippen LogP contribution < -0.4 is 11.1 Å². The molecule has 0 saturated carbocycles. The molecule has 3 N–H and O–H groups in total. The number of amides is 2. The molecule has 164 valence electrons. The topological polar surface area (TPSA) is 98.0 Å². The number of nitrogens with one attached hydrogen (secondary N) is 1. The van der Waals surface area contributed by atoms with Crippen molar-refractivity contribution in [1.29, 1.82) is 0 Å². The van der Waals surface area contributed by atoms with Gasteiger partial charge in [-0.25, -0.2) is 9.97 Å². The lowest BCUT2D eigenvalue weighted by atomic mass is 10.1. The molecular weight excluding hydrogens is 469 g/mol. The third kappa shape index (κ3) is 6.77. The molecule has 0 fully saturated rings. The van der Waals surface area contributed by atoms with Gasteiger partial charge in [-0.15, -0.1) is 22.7 Å². The third-order valence-corrected chi connectivity index (χ3v) is 7.03. The van der Waals surface area contributed by atoms with E-state index in [0.29, 0.717) is 20.7 Å². The van der Waals surface area contributed by atoms with Crippen molar-refractivity contribution < 1.29 is 22.8 Å². The highest BCUT2D eigenvalue weighted by molar-refractivity contribution is 8.02. The SMILES string of the molecule is CC(Sc1nc(CC(=O)Nc2ncc(Cc3cccc(C(F)(F)F)c3)s2)cs1)C(N)=O. The molecule has 31 heavy (non-hydrogen) atoms. The molecule has 0 spiro atoms. The molecule has 1 unspecified atom stereocenters. The van der Waals surface area contributed by atoms with Crippen LogP contribution in [0.1, 0.15) is 28.6 Å². The van der Waals surface area contributed by atoms with Crippen molar-refractivity contribution in [3.63, 3.8) is 0 Å². The van der Waals surface area contributed by atoms with E-state index in [9.17, 15) is 22.8 Å². The van der Waals surface area contributed by atoms with Crippen molar-refractivity contribution in [2.24, 2.45) is 5.73 Å². The van der Waals surface area contributed by atoms with E-state index in [1.807, 2.05) is 0 Å². The molecule has 0 bridgehead atoms. The van der Waals surface area contributed by atoms with E-state index in [0.717, 1.165) is 17.0 Å². The number of hydrogen-bond donors (Lipinski definition) is 2. The minimum atomic E-state index is -4.39. The van der Waals surface area contributed by atoms with Crippen molar-refractivity contribution in [3.05, 3.63) is 57.5 Å². The quantitative estimate of drug-likeness (QED) is 0.461. The molecule has 2 heterocycles. The van der Waals surface area contributed by atoms with Crippen LogP contribution in [-0.4, -0.2) is 27.0 Å². The maximum absolute atomic E-state index is 12.8. The Labute approximate surface area is 188 Å². The van der Waals surface area contributed by atoms with E-state index in [4.69, 9.17) is 5.73 Å². The number of carbonyl (C=O) groups excluding carboxylic acids is 2. The third-order valence-electron chi connectivity index (χ3n) is 3.98. The highest BCUT2D eigenvalue weighted by Gasteiger charge is 2.30. The first-order valence-electron chi connectivity index (χ1n) is 8.91. The number of primary amides is 1. The normalized spacial score (nSPS) is 12.5. The maximum atomic E-state index is 12.8. The number of anilines is 1. The van der Waals surface area contributed by atoms with Crippen LogP contribution in [0, 0.1) is 0 Å². The first-order chi connectivity index (χ1) is 14.6. The molecular formula is C19H17F3N4O2S3. The van der Waals surface area contributed by atoms with E-state index in [1.54, 1.807) is 18.4 Å². The zero-order valence-corrected chi connectivity index (χ0v) is 18.6. The summed E-state index contributed by atoms with van der Waals surface area (Å²) < 4.78 is 39.2. The Hall–Kier alpha value is -2.44. The summed E-state index contributed by atoms with van der Waals surface area (Å²) in [6.07, 6.45) is -2.55. The average molecular weight is 487 g/mol. The van der Waals surface area contributed by atoms with Gasteiger partial charge in [0, 0.05) is 22.9 Å². The Morgan fingerprint density at radius 2 is 2.10 bits per heavy atom. The van der Waals surface area contributed by atoms with E-state index in [1.165, 1.54) is 46.7 Å². The zero-order valence-electron chi connectivity index (χ0n) is 16.1. The summed E-state index contributed by atoms with van der Waals surface area (Å²) in [5.41, 5.74) is 5.60. The second-order valence-electron chi connectivity index (χ2n) is 6.50. The molecule has 2 aromatic heterocycles.